The van der Waals surface area contributed by atoms with Crippen molar-refractivity contribution in [1.82, 2.24) is 0 Å². The smallest absolute Gasteiger partial charge is 0.193 e. The second kappa shape index (κ2) is 5.27. The predicted molar refractivity (Wildman–Crippen MR) is 73.0 cm³/mol. The average molecular weight is 256 g/mol. The van der Waals surface area contributed by atoms with Crippen molar-refractivity contribution in [3.05, 3.63) is 23.2 Å². The third kappa shape index (κ3) is 4.53. The summed E-state index contributed by atoms with van der Waals surface area (Å²) in [5, 5.41) is 3.51. The molecule has 0 aromatic heterocycles. The minimum atomic E-state index is -0.215. The van der Waals surface area contributed by atoms with Crippen LogP contribution in [0.1, 0.15) is 20.8 Å². The number of aliphatic imine (C=N–C) groups is 1. The van der Waals surface area contributed by atoms with Gasteiger partial charge in [0.1, 0.15) is 5.75 Å². The normalized spacial score (nSPS) is 12.4. The number of benzene rings is 1. The molecule has 1 aromatic rings. The molecule has 3 N–H and O–H groups in total. The summed E-state index contributed by atoms with van der Waals surface area (Å²) in [7, 11) is 1.57. The van der Waals surface area contributed by atoms with Crippen LogP contribution in [0.5, 0.6) is 5.75 Å². The van der Waals surface area contributed by atoms with E-state index in [4.69, 9.17) is 22.1 Å². The van der Waals surface area contributed by atoms with Crippen LogP contribution in [-0.4, -0.2) is 18.6 Å². The van der Waals surface area contributed by atoms with Crippen molar-refractivity contribution in [3.8, 4) is 5.75 Å². The average Bonchev–Trinajstić information content (AvgIpc) is 2.14. The molecule has 0 saturated heterocycles. The second-order valence-corrected chi connectivity index (χ2v) is 5.05. The Kier molecular flexibility index (Phi) is 4.23. The SMILES string of the molecule is COc1ccc(NC(N)=NC(C)(C)C)cc1Cl. The van der Waals surface area contributed by atoms with Gasteiger partial charge in [0.05, 0.1) is 17.7 Å². The summed E-state index contributed by atoms with van der Waals surface area (Å²) in [6.07, 6.45) is 0. The third-order valence-electron chi connectivity index (χ3n) is 1.88. The van der Waals surface area contributed by atoms with Gasteiger partial charge in [-0.3, -0.25) is 0 Å². The molecule has 0 unspecified atom stereocenters. The van der Waals surface area contributed by atoms with E-state index in [1.165, 1.54) is 0 Å². The molecular weight excluding hydrogens is 238 g/mol. The number of rotatable bonds is 2. The number of methoxy groups -OCH3 is 1. The maximum Gasteiger partial charge on any atom is 0.193 e. The number of ether oxygens (including phenoxy) is 1. The summed E-state index contributed by atoms with van der Waals surface area (Å²) >= 11 is 6.00. The molecule has 0 fully saturated rings. The van der Waals surface area contributed by atoms with Crippen LogP contribution >= 0.6 is 11.6 Å². The second-order valence-electron chi connectivity index (χ2n) is 4.64. The quantitative estimate of drug-likeness (QED) is 0.631. The highest BCUT2D eigenvalue weighted by atomic mass is 35.5. The summed E-state index contributed by atoms with van der Waals surface area (Å²) in [5.41, 5.74) is 6.34. The van der Waals surface area contributed by atoms with Gasteiger partial charge in [-0.1, -0.05) is 11.6 Å². The highest BCUT2D eigenvalue weighted by Gasteiger charge is 2.08. The Morgan fingerprint density at radius 1 is 1.41 bits per heavy atom. The number of guanidine groups is 1. The zero-order valence-corrected chi connectivity index (χ0v) is 11.3. The predicted octanol–water partition coefficient (Wildman–Crippen LogP) is 2.87. The van der Waals surface area contributed by atoms with Crippen LogP contribution in [-0.2, 0) is 0 Å². The molecule has 0 aliphatic heterocycles. The summed E-state index contributed by atoms with van der Waals surface area (Å²) in [5.74, 6) is 0.988. The van der Waals surface area contributed by atoms with E-state index < -0.39 is 0 Å². The maximum atomic E-state index is 6.00. The van der Waals surface area contributed by atoms with Gasteiger partial charge in [-0.05, 0) is 39.0 Å². The topological polar surface area (TPSA) is 59.6 Å². The molecule has 1 rings (SSSR count). The first-order chi connectivity index (χ1) is 7.81. The van der Waals surface area contributed by atoms with Crippen molar-refractivity contribution >= 4 is 23.2 Å². The Balaban J connectivity index is 2.83. The zero-order chi connectivity index (χ0) is 13.1. The molecule has 0 atom stereocenters. The zero-order valence-electron chi connectivity index (χ0n) is 10.5. The summed E-state index contributed by atoms with van der Waals surface area (Å²) in [6.45, 7) is 5.92. The van der Waals surface area contributed by atoms with Gasteiger partial charge in [0.2, 0.25) is 0 Å². The summed E-state index contributed by atoms with van der Waals surface area (Å²) in [6, 6.07) is 5.34. The Bertz CT molecular complexity index is 424. The fourth-order valence-electron chi connectivity index (χ4n) is 1.28. The lowest BCUT2D eigenvalue weighted by Crippen LogP contribution is -2.27. The van der Waals surface area contributed by atoms with Crippen molar-refractivity contribution in [2.75, 3.05) is 12.4 Å². The molecule has 0 spiro atoms. The molecule has 94 valence electrons. The first kappa shape index (κ1) is 13.6. The van der Waals surface area contributed by atoms with Crippen molar-refractivity contribution in [3.63, 3.8) is 0 Å². The molecule has 17 heavy (non-hydrogen) atoms. The first-order valence-corrected chi connectivity index (χ1v) is 5.65. The van der Waals surface area contributed by atoms with E-state index in [0.29, 0.717) is 16.7 Å². The van der Waals surface area contributed by atoms with E-state index in [1.54, 1.807) is 19.2 Å². The number of halogens is 1. The largest absolute Gasteiger partial charge is 0.495 e. The molecule has 0 amide bonds. The third-order valence-corrected chi connectivity index (χ3v) is 2.18. The molecule has 0 aliphatic rings. The number of hydrogen-bond donors (Lipinski definition) is 2. The van der Waals surface area contributed by atoms with Crippen molar-refractivity contribution < 1.29 is 4.74 Å². The van der Waals surface area contributed by atoms with Gasteiger partial charge >= 0.3 is 0 Å². The minimum absolute atomic E-state index is 0.215. The van der Waals surface area contributed by atoms with E-state index >= 15 is 0 Å². The standard InChI is InChI=1S/C12H18ClN3O/c1-12(2,3)16-11(14)15-8-5-6-10(17-4)9(13)7-8/h5-7H,1-4H3,(H3,14,15,16). The lowest BCUT2D eigenvalue weighted by Gasteiger charge is -2.15. The van der Waals surface area contributed by atoms with Crippen LogP contribution in [0.3, 0.4) is 0 Å². The van der Waals surface area contributed by atoms with Crippen LogP contribution in [0.15, 0.2) is 23.2 Å². The fourth-order valence-corrected chi connectivity index (χ4v) is 1.54. The monoisotopic (exact) mass is 255 g/mol. The van der Waals surface area contributed by atoms with Crippen LogP contribution in [0.4, 0.5) is 5.69 Å². The van der Waals surface area contributed by atoms with Crippen molar-refractivity contribution in [2.45, 2.75) is 26.3 Å². The molecule has 4 nitrogen and oxygen atoms in total. The number of anilines is 1. The Hall–Kier alpha value is -1.42. The molecule has 0 bridgehead atoms. The van der Waals surface area contributed by atoms with Crippen LogP contribution in [0.2, 0.25) is 5.02 Å². The van der Waals surface area contributed by atoms with Crippen molar-refractivity contribution in [1.29, 1.82) is 0 Å². The van der Waals surface area contributed by atoms with Gasteiger partial charge in [0, 0.05) is 5.69 Å². The van der Waals surface area contributed by atoms with Gasteiger partial charge in [0.15, 0.2) is 5.96 Å². The van der Waals surface area contributed by atoms with E-state index in [0.717, 1.165) is 5.69 Å². The molecule has 0 radical (unpaired) electrons. The fraction of sp³-hybridized carbons (Fsp3) is 0.417. The molecule has 0 heterocycles. The Morgan fingerprint density at radius 3 is 2.53 bits per heavy atom. The summed E-state index contributed by atoms with van der Waals surface area (Å²) < 4.78 is 5.06. The minimum Gasteiger partial charge on any atom is -0.495 e. The molecule has 0 aliphatic carbocycles. The maximum absolute atomic E-state index is 6.00. The van der Waals surface area contributed by atoms with Crippen molar-refractivity contribution in [2.24, 2.45) is 10.7 Å². The molecular formula is C12H18ClN3O. The van der Waals surface area contributed by atoms with E-state index in [9.17, 15) is 0 Å². The summed E-state index contributed by atoms with van der Waals surface area (Å²) in [4.78, 5) is 4.29. The number of nitrogens with two attached hydrogens (primary N) is 1. The molecule has 5 heteroatoms. The number of nitrogens with one attached hydrogen (secondary N) is 1. The lowest BCUT2D eigenvalue weighted by molar-refractivity contribution is 0.415. The first-order valence-electron chi connectivity index (χ1n) is 5.28. The van der Waals surface area contributed by atoms with E-state index in [1.807, 2.05) is 26.8 Å². The Labute approximate surface area is 107 Å². The van der Waals surface area contributed by atoms with Gasteiger partial charge in [0.25, 0.3) is 0 Å². The van der Waals surface area contributed by atoms with E-state index in [-0.39, 0.29) is 5.54 Å². The number of nitrogens with zero attached hydrogens (tertiary/aromatic N) is 1. The van der Waals surface area contributed by atoms with E-state index in [2.05, 4.69) is 10.3 Å². The highest BCUT2D eigenvalue weighted by molar-refractivity contribution is 6.32. The lowest BCUT2D eigenvalue weighted by atomic mass is 10.1. The molecule has 0 saturated carbocycles. The number of hydrogen-bond acceptors (Lipinski definition) is 2. The molecule has 1 aromatic carbocycles. The van der Waals surface area contributed by atoms with Gasteiger partial charge in [-0.15, -0.1) is 0 Å². The highest BCUT2D eigenvalue weighted by Crippen LogP contribution is 2.27. The van der Waals surface area contributed by atoms with Gasteiger partial charge < -0.3 is 15.8 Å². The van der Waals surface area contributed by atoms with Gasteiger partial charge in [-0.2, -0.15) is 0 Å². The Morgan fingerprint density at radius 2 is 2.06 bits per heavy atom. The van der Waals surface area contributed by atoms with Gasteiger partial charge in [-0.25, -0.2) is 4.99 Å². The van der Waals surface area contributed by atoms with Crippen LogP contribution in [0.25, 0.3) is 0 Å². The van der Waals surface area contributed by atoms with Crippen LogP contribution in [0, 0.1) is 0 Å². The van der Waals surface area contributed by atoms with Crippen LogP contribution < -0.4 is 15.8 Å².